The number of aromatic nitrogens is 1. The number of allylic oxidation sites excluding steroid dienone is 2. The van der Waals surface area contributed by atoms with E-state index < -0.39 is 16.6 Å². The van der Waals surface area contributed by atoms with Gasteiger partial charge in [0.25, 0.3) is 0 Å². The van der Waals surface area contributed by atoms with Crippen LogP contribution in [-0.4, -0.2) is 56.3 Å². The van der Waals surface area contributed by atoms with Crippen LogP contribution in [0.1, 0.15) is 46.1 Å². The van der Waals surface area contributed by atoms with Crippen LogP contribution >= 0.6 is 21.0 Å². The number of aliphatic imine (C=N–C) groups is 1. The maximum atomic E-state index is 13.5. The maximum absolute atomic E-state index is 13.5. The number of halogens is 2. The Bertz CT molecular complexity index is 932. The van der Waals surface area contributed by atoms with E-state index >= 15 is 0 Å². The highest BCUT2D eigenvalue weighted by Gasteiger charge is 2.33. The number of urea groups is 1. The SMILES string of the molecule is CC/C=C(\C=C/CSC(F)(F)P)N(C)C(=O)N(Cc1ccnc(N=C(N)CC)c1)C(C)(C)C=O. The van der Waals surface area contributed by atoms with Gasteiger partial charge in [0.2, 0.25) is 0 Å². The molecule has 188 valence electrons. The standard InChI is InChI=1S/C23H34F2N5O2PS/c1-6-9-18(10-8-13-34-23(24,25)33)29(5)21(32)30(22(3,4)16-31)15-17-11-12-27-20(14-17)28-19(26)7-2/h8-12,14,16H,6-7,13,15,33H2,1-5H3,(H2,26,27,28)/b10-8-,18-9+. The normalized spacial score (nSPS) is 13.3. The van der Waals surface area contributed by atoms with Gasteiger partial charge in [-0.15, -0.1) is 0 Å². The third kappa shape index (κ3) is 9.89. The molecular formula is C23H34F2N5O2PS. The Hall–Kier alpha value is -2.32. The van der Waals surface area contributed by atoms with Gasteiger partial charge in [0.1, 0.15) is 12.1 Å². The number of likely N-dealkylation sites (N-methyl/N-ethyl adjacent to an activating group) is 1. The highest BCUT2D eigenvalue weighted by molar-refractivity contribution is 8.03. The van der Waals surface area contributed by atoms with Gasteiger partial charge in [-0.3, -0.25) is 4.90 Å². The lowest BCUT2D eigenvalue weighted by Gasteiger charge is -2.37. The van der Waals surface area contributed by atoms with Gasteiger partial charge in [-0.1, -0.05) is 47.0 Å². The lowest BCUT2D eigenvalue weighted by molar-refractivity contribution is -0.115. The van der Waals surface area contributed by atoms with Crippen LogP contribution in [0.5, 0.6) is 0 Å². The summed E-state index contributed by atoms with van der Waals surface area (Å²) < 4.78 is 26.1. The zero-order valence-electron chi connectivity index (χ0n) is 20.3. The molecule has 0 bridgehead atoms. The van der Waals surface area contributed by atoms with Gasteiger partial charge < -0.3 is 15.4 Å². The van der Waals surface area contributed by atoms with Gasteiger partial charge in [0.05, 0.1) is 5.54 Å². The number of alkyl halides is 2. The molecule has 1 unspecified atom stereocenters. The molecule has 1 rings (SSSR count). The van der Waals surface area contributed by atoms with E-state index in [1.54, 1.807) is 51.4 Å². The van der Waals surface area contributed by atoms with Gasteiger partial charge in [-0.25, -0.2) is 14.8 Å². The monoisotopic (exact) mass is 513 g/mol. The van der Waals surface area contributed by atoms with Crippen molar-refractivity contribution in [3.8, 4) is 0 Å². The molecule has 0 saturated heterocycles. The molecule has 34 heavy (non-hydrogen) atoms. The van der Waals surface area contributed by atoms with Crippen molar-refractivity contribution in [1.82, 2.24) is 14.8 Å². The van der Waals surface area contributed by atoms with Crippen LogP contribution in [0.3, 0.4) is 0 Å². The second-order valence-corrected chi connectivity index (χ2v) is 10.3. The van der Waals surface area contributed by atoms with Crippen molar-refractivity contribution in [2.24, 2.45) is 10.7 Å². The molecule has 0 aliphatic heterocycles. The molecule has 0 saturated carbocycles. The van der Waals surface area contributed by atoms with E-state index in [0.29, 0.717) is 48.2 Å². The number of nitrogens with zero attached hydrogens (tertiary/aromatic N) is 4. The highest BCUT2D eigenvalue weighted by atomic mass is 32.2. The average Bonchev–Trinajstić information content (AvgIpc) is 2.78. The number of hydrogen-bond acceptors (Lipinski definition) is 5. The van der Waals surface area contributed by atoms with Gasteiger partial charge in [-0.2, -0.15) is 8.78 Å². The first kappa shape index (κ1) is 29.7. The zero-order valence-corrected chi connectivity index (χ0v) is 22.3. The Balaban J connectivity index is 3.20. The van der Waals surface area contributed by atoms with E-state index in [2.05, 4.69) is 9.98 Å². The number of aldehydes is 1. The van der Waals surface area contributed by atoms with Gasteiger partial charge >= 0.3 is 11.0 Å². The predicted octanol–water partition coefficient (Wildman–Crippen LogP) is 5.32. The Labute approximate surface area is 207 Å². The summed E-state index contributed by atoms with van der Waals surface area (Å²) in [6.07, 6.45) is 8.51. The van der Waals surface area contributed by atoms with Crippen LogP contribution in [0.25, 0.3) is 0 Å². The first-order valence-corrected chi connectivity index (χ1v) is 12.4. The van der Waals surface area contributed by atoms with Crippen molar-refractivity contribution in [3.05, 3.63) is 47.8 Å². The summed E-state index contributed by atoms with van der Waals surface area (Å²) >= 11 is 0.467. The number of carbonyl (C=O) groups excluding carboxylic acids is 2. The van der Waals surface area contributed by atoms with E-state index in [1.165, 1.54) is 19.0 Å². The number of thioether (sulfide) groups is 1. The van der Waals surface area contributed by atoms with Gasteiger partial charge in [0, 0.05) is 37.7 Å². The summed E-state index contributed by atoms with van der Waals surface area (Å²) in [7, 11) is 3.07. The number of pyridine rings is 1. The van der Waals surface area contributed by atoms with Crippen molar-refractivity contribution < 1.29 is 18.4 Å². The molecule has 11 heteroatoms. The Morgan fingerprint density at radius 3 is 2.59 bits per heavy atom. The lowest BCUT2D eigenvalue weighted by atomic mass is 10.0. The fourth-order valence-corrected chi connectivity index (χ4v) is 3.46. The van der Waals surface area contributed by atoms with E-state index in [4.69, 9.17) is 5.73 Å². The minimum atomic E-state index is -2.92. The number of carbonyl (C=O) groups is 2. The third-order valence-electron chi connectivity index (χ3n) is 4.73. The molecule has 0 spiro atoms. The second-order valence-electron chi connectivity index (χ2n) is 7.99. The minimum absolute atomic E-state index is 0.0737. The van der Waals surface area contributed by atoms with Gasteiger partial charge in [0.15, 0.2) is 5.82 Å². The molecule has 1 atom stereocenters. The zero-order chi connectivity index (χ0) is 25.9. The van der Waals surface area contributed by atoms with Crippen molar-refractivity contribution in [3.63, 3.8) is 0 Å². The molecule has 2 N–H and O–H groups in total. The van der Waals surface area contributed by atoms with E-state index in [9.17, 15) is 18.4 Å². The smallest absolute Gasteiger partial charge is 0.325 e. The van der Waals surface area contributed by atoms with E-state index in [1.807, 2.05) is 19.9 Å². The Morgan fingerprint density at radius 1 is 1.35 bits per heavy atom. The molecule has 2 amide bonds. The average molecular weight is 514 g/mol. The van der Waals surface area contributed by atoms with Crippen molar-refractivity contribution in [2.45, 2.75) is 57.6 Å². The third-order valence-corrected chi connectivity index (χ3v) is 5.98. The Kier molecular flexibility index (Phi) is 11.8. The number of hydrogen-bond donors (Lipinski definition) is 1. The number of rotatable bonds is 12. The molecule has 0 aliphatic carbocycles. The summed E-state index contributed by atoms with van der Waals surface area (Å²) in [5, 5.41) is 0. The molecule has 1 aromatic rings. The lowest BCUT2D eigenvalue weighted by Crippen LogP contribution is -2.52. The summed E-state index contributed by atoms with van der Waals surface area (Å²) in [6, 6.07) is 3.04. The van der Waals surface area contributed by atoms with Crippen LogP contribution in [0, 0.1) is 0 Å². The molecule has 0 fully saturated rings. The topological polar surface area (TPSA) is 91.9 Å². The van der Waals surface area contributed by atoms with Crippen LogP contribution in [0.15, 0.2) is 47.2 Å². The molecule has 0 aliphatic rings. The second kappa shape index (κ2) is 13.5. The fourth-order valence-electron chi connectivity index (χ4n) is 2.76. The summed E-state index contributed by atoms with van der Waals surface area (Å²) in [5.41, 5.74) is 5.96. The molecule has 0 aromatic carbocycles. The largest absolute Gasteiger partial charge is 0.387 e. The molecule has 7 nitrogen and oxygen atoms in total. The summed E-state index contributed by atoms with van der Waals surface area (Å²) in [4.78, 5) is 33.7. The molecule has 1 heterocycles. The first-order valence-electron chi connectivity index (χ1n) is 10.8. The number of nitrogens with two attached hydrogens (primary N) is 1. The van der Waals surface area contributed by atoms with Crippen LogP contribution < -0.4 is 5.73 Å². The number of amidine groups is 1. The minimum Gasteiger partial charge on any atom is -0.387 e. The van der Waals surface area contributed by atoms with E-state index in [-0.39, 0.29) is 12.3 Å². The van der Waals surface area contributed by atoms with Crippen molar-refractivity contribution >= 4 is 45.0 Å². The summed E-state index contributed by atoms with van der Waals surface area (Å²) in [5.74, 6) is 0.924. The quantitative estimate of drug-likeness (QED) is 0.134. The van der Waals surface area contributed by atoms with Crippen molar-refractivity contribution in [2.75, 3.05) is 12.8 Å². The predicted molar refractivity (Wildman–Crippen MR) is 139 cm³/mol. The summed E-state index contributed by atoms with van der Waals surface area (Å²) in [6.45, 7) is 7.22. The molecule has 1 aromatic heterocycles. The Morgan fingerprint density at radius 2 is 2.03 bits per heavy atom. The van der Waals surface area contributed by atoms with Gasteiger partial charge in [-0.05, 0) is 44.0 Å². The van der Waals surface area contributed by atoms with Crippen LogP contribution in [0.2, 0.25) is 0 Å². The first-order chi connectivity index (χ1) is 15.8. The molecule has 0 radical (unpaired) electrons. The fraction of sp³-hybridized carbons (Fsp3) is 0.478. The van der Waals surface area contributed by atoms with E-state index in [0.717, 1.165) is 5.56 Å². The van der Waals surface area contributed by atoms with Crippen LogP contribution in [0.4, 0.5) is 19.4 Å². The maximum Gasteiger partial charge on any atom is 0.325 e. The van der Waals surface area contributed by atoms with Crippen molar-refractivity contribution in [1.29, 1.82) is 0 Å². The number of amides is 2. The van der Waals surface area contributed by atoms with Crippen LogP contribution in [-0.2, 0) is 11.3 Å². The highest BCUT2D eigenvalue weighted by Crippen LogP contribution is 2.35. The molecular weight excluding hydrogens is 479 g/mol.